The average Bonchev–Trinajstić information content (AvgIpc) is 3.48. The van der Waals surface area contributed by atoms with E-state index in [0.717, 1.165) is 16.5 Å². The number of hydrogen-bond acceptors (Lipinski definition) is 6. The summed E-state index contributed by atoms with van der Waals surface area (Å²) in [6.45, 7) is 6.92. The second-order valence-electron chi connectivity index (χ2n) is 9.68. The summed E-state index contributed by atoms with van der Waals surface area (Å²) >= 11 is 0. The van der Waals surface area contributed by atoms with Crippen molar-refractivity contribution in [3.8, 4) is 0 Å². The molecule has 4 amide bonds. The molecular formula is C25H32N8O4. The van der Waals surface area contributed by atoms with Gasteiger partial charge in [-0.05, 0) is 31.4 Å². The lowest BCUT2D eigenvalue weighted by molar-refractivity contribution is -0.134. The molecule has 0 unspecified atom stereocenters. The largest absolute Gasteiger partial charge is 0.361 e. The van der Waals surface area contributed by atoms with E-state index >= 15 is 0 Å². The minimum absolute atomic E-state index is 0.0807. The highest BCUT2D eigenvalue weighted by atomic mass is 16.2. The second-order valence-corrected chi connectivity index (χ2v) is 9.68. The van der Waals surface area contributed by atoms with E-state index < -0.39 is 47.8 Å². The third-order valence-corrected chi connectivity index (χ3v) is 6.42. The number of carbonyl (C=O) groups excluding carboxylic acids is 4. The molecule has 0 spiro atoms. The molecule has 0 radical (unpaired) electrons. The monoisotopic (exact) mass is 508 g/mol. The van der Waals surface area contributed by atoms with Crippen LogP contribution in [-0.4, -0.2) is 61.7 Å². The topological polar surface area (TPSA) is 163 Å². The fourth-order valence-corrected chi connectivity index (χ4v) is 4.36. The number of rotatable bonds is 3. The Labute approximate surface area is 213 Å². The quantitative estimate of drug-likeness (QED) is 0.342. The Balaban J connectivity index is 1.63. The van der Waals surface area contributed by atoms with Crippen LogP contribution in [-0.2, 0) is 32.1 Å². The van der Waals surface area contributed by atoms with Gasteiger partial charge in [0.05, 0.1) is 12.7 Å². The molecular weight excluding hydrogens is 476 g/mol. The van der Waals surface area contributed by atoms with Gasteiger partial charge in [-0.1, -0.05) is 37.3 Å². The van der Waals surface area contributed by atoms with E-state index in [-0.39, 0.29) is 18.9 Å². The minimum atomic E-state index is -0.984. The number of fused-ring (bicyclic) bond motifs is 3. The first-order valence-corrected chi connectivity index (χ1v) is 12.3. The molecule has 3 heterocycles. The maximum Gasteiger partial charge on any atom is 0.245 e. The lowest BCUT2D eigenvalue weighted by Gasteiger charge is -2.25. The van der Waals surface area contributed by atoms with Gasteiger partial charge in [-0.3, -0.25) is 19.2 Å². The van der Waals surface area contributed by atoms with Crippen molar-refractivity contribution in [2.24, 2.45) is 5.92 Å². The molecule has 3 aromatic rings. The summed E-state index contributed by atoms with van der Waals surface area (Å²) in [6, 6.07) is 4.15. The van der Waals surface area contributed by atoms with Crippen LogP contribution in [0.2, 0.25) is 0 Å². The Bertz CT molecular complexity index is 1310. The predicted molar refractivity (Wildman–Crippen MR) is 135 cm³/mol. The standard InChI is InChI=1S/C25H32N8O4/c1-13(2)21-25(37)29-15(4)23(35)30-20(9-16-10-26-19-8-6-5-7-18(16)19)24(36)28-14(3)22(34)27-11-17-12-33(21)32-31-17/h5-8,10,12-15,20-21,26H,9,11H2,1-4H3,(H,27,34)(H,28,36)(H,29,37)(H,30,35)/t14-,15-,20-,21-/m0/s1. The van der Waals surface area contributed by atoms with Gasteiger partial charge in [0.1, 0.15) is 29.9 Å². The molecule has 1 aromatic carbocycles. The number of benzene rings is 1. The number of para-hydroxylation sites is 1. The van der Waals surface area contributed by atoms with Crippen LogP contribution in [0.3, 0.4) is 0 Å². The highest BCUT2D eigenvalue weighted by Gasteiger charge is 2.31. The number of nitrogens with zero attached hydrogens (tertiary/aromatic N) is 3. The number of carbonyl (C=O) groups is 4. The van der Waals surface area contributed by atoms with E-state index in [0.29, 0.717) is 5.69 Å². The van der Waals surface area contributed by atoms with Crippen LogP contribution in [0.25, 0.3) is 10.9 Å². The molecule has 2 bridgehead atoms. The van der Waals surface area contributed by atoms with E-state index in [9.17, 15) is 19.2 Å². The number of aromatic nitrogens is 4. The first-order chi connectivity index (χ1) is 17.6. The van der Waals surface area contributed by atoms with Crippen LogP contribution in [0.15, 0.2) is 36.7 Å². The maximum absolute atomic E-state index is 13.3. The van der Waals surface area contributed by atoms with E-state index in [1.165, 1.54) is 4.68 Å². The minimum Gasteiger partial charge on any atom is -0.361 e. The van der Waals surface area contributed by atoms with Gasteiger partial charge >= 0.3 is 0 Å². The van der Waals surface area contributed by atoms with Crippen LogP contribution in [0, 0.1) is 5.92 Å². The maximum atomic E-state index is 13.3. The molecule has 5 N–H and O–H groups in total. The van der Waals surface area contributed by atoms with Gasteiger partial charge in [0, 0.05) is 23.5 Å². The summed E-state index contributed by atoms with van der Waals surface area (Å²) in [5.41, 5.74) is 2.19. The summed E-state index contributed by atoms with van der Waals surface area (Å²) in [5.74, 6) is -2.02. The van der Waals surface area contributed by atoms with Gasteiger partial charge in [-0.25, -0.2) is 4.68 Å². The van der Waals surface area contributed by atoms with Gasteiger partial charge in [-0.15, -0.1) is 5.10 Å². The van der Waals surface area contributed by atoms with Crippen LogP contribution in [0.4, 0.5) is 0 Å². The number of aromatic amines is 1. The van der Waals surface area contributed by atoms with Crippen molar-refractivity contribution in [1.82, 2.24) is 41.2 Å². The molecule has 4 atom stereocenters. The summed E-state index contributed by atoms with van der Waals surface area (Å²) in [5, 5.41) is 19.9. The Hall–Kier alpha value is -4.22. The third-order valence-electron chi connectivity index (χ3n) is 6.42. The van der Waals surface area contributed by atoms with E-state index in [2.05, 4.69) is 36.6 Å². The Morgan fingerprint density at radius 2 is 1.65 bits per heavy atom. The van der Waals surface area contributed by atoms with Crippen molar-refractivity contribution in [1.29, 1.82) is 0 Å². The van der Waals surface area contributed by atoms with Crippen molar-refractivity contribution in [2.75, 3.05) is 0 Å². The van der Waals surface area contributed by atoms with Gasteiger partial charge in [0.2, 0.25) is 23.6 Å². The van der Waals surface area contributed by atoms with E-state index in [1.54, 1.807) is 26.2 Å². The Morgan fingerprint density at radius 3 is 2.41 bits per heavy atom. The first kappa shape index (κ1) is 25.9. The van der Waals surface area contributed by atoms with Crippen molar-refractivity contribution in [3.05, 3.63) is 47.9 Å². The molecule has 1 aliphatic rings. The van der Waals surface area contributed by atoms with Gasteiger partial charge in [0.15, 0.2) is 0 Å². The molecule has 1 aliphatic heterocycles. The number of H-pyrrole nitrogens is 1. The molecule has 0 saturated heterocycles. The van der Waals surface area contributed by atoms with Crippen molar-refractivity contribution >= 4 is 34.5 Å². The summed E-state index contributed by atoms with van der Waals surface area (Å²) in [7, 11) is 0. The van der Waals surface area contributed by atoms with Gasteiger partial charge in [-0.2, -0.15) is 0 Å². The molecule has 0 fully saturated rings. The number of hydrogen-bond donors (Lipinski definition) is 5. The zero-order chi connectivity index (χ0) is 26.7. The highest BCUT2D eigenvalue weighted by molar-refractivity contribution is 5.95. The van der Waals surface area contributed by atoms with Crippen LogP contribution in [0.1, 0.15) is 45.0 Å². The third kappa shape index (κ3) is 5.79. The van der Waals surface area contributed by atoms with Crippen molar-refractivity contribution < 1.29 is 19.2 Å². The predicted octanol–water partition coefficient (Wildman–Crippen LogP) is 0.323. The fourth-order valence-electron chi connectivity index (χ4n) is 4.36. The van der Waals surface area contributed by atoms with E-state index in [1.807, 2.05) is 38.1 Å². The smallest absolute Gasteiger partial charge is 0.245 e. The molecule has 2 aromatic heterocycles. The number of nitrogens with one attached hydrogen (secondary N) is 5. The van der Waals surface area contributed by atoms with Crippen LogP contribution in [0.5, 0.6) is 0 Å². The van der Waals surface area contributed by atoms with Crippen molar-refractivity contribution in [2.45, 2.75) is 64.8 Å². The molecule has 4 rings (SSSR count). The molecule has 0 saturated carbocycles. The lowest BCUT2D eigenvalue weighted by atomic mass is 10.0. The van der Waals surface area contributed by atoms with Gasteiger partial charge in [0.25, 0.3) is 0 Å². The fraction of sp³-hybridized carbons (Fsp3) is 0.440. The molecule has 0 aliphatic carbocycles. The molecule has 37 heavy (non-hydrogen) atoms. The first-order valence-electron chi connectivity index (χ1n) is 12.3. The number of amides is 4. The second kappa shape index (κ2) is 10.8. The molecule has 12 heteroatoms. The zero-order valence-corrected chi connectivity index (χ0v) is 21.2. The lowest BCUT2D eigenvalue weighted by Crippen LogP contribution is -2.56. The highest BCUT2D eigenvalue weighted by Crippen LogP contribution is 2.20. The normalized spacial score (nSPS) is 23.9. The Morgan fingerprint density at radius 1 is 0.946 bits per heavy atom. The Kier molecular flexibility index (Phi) is 7.55. The van der Waals surface area contributed by atoms with E-state index in [4.69, 9.17) is 0 Å². The van der Waals surface area contributed by atoms with Crippen LogP contribution >= 0.6 is 0 Å². The van der Waals surface area contributed by atoms with Crippen molar-refractivity contribution in [3.63, 3.8) is 0 Å². The summed E-state index contributed by atoms with van der Waals surface area (Å²) in [4.78, 5) is 55.3. The molecule has 196 valence electrons. The van der Waals surface area contributed by atoms with Crippen LogP contribution < -0.4 is 21.3 Å². The average molecular weight is 509 g/mol. The zero-order valence-electron chi connectivity index (χ0n) is 21.2. The van der Waals surface area contributed by atoms with Gasteiger partial charge < -0.3 is 26.3 Å². The molecule has 12 nitrogen and oxygen atoms in total. The SMILES string of the molecule is CC(C)[C@H]1C(=O)N[C@@H](C)C(=O)N[C@@H](Cc2c[nH]c3ccccc23)C(=O)N[C@@H](C)C(=O)NCc2cn1nn2. The summed E-state index contributed by atoms with van der Waals surface area (Å²) in [6.07, 6.45) is 3.56. The summed E-state index contributed by atoms with van der Waals surface area (Å²) < 4.78 is 1.43.